The standard InChI is InChI=1S/C21H23BrFN5O3/c1-14(29)24-12-16-13-28(21(30)31-16)15-5-6-18(17(23)11-15)26-7-9-27(10-8-26)20-4-2-3-19(22)25-20/h2-6,11,16H,7-10,12-13H2,1H3,(H,24,29)/t16-/m0/s1. The van der Waals surface area contributed by atoms with Gasteiger partial charge in [-0.15, -0.1) is 0 Å². The van der Waals surface area contributed by atoms with E-state index in [2.05, 4.69) is 31.1 Å². The van der Waals surface area contributed by atoms with Crippen LogP contribution in [0.25, 0.3) is 0 Å². The van der Waals surface area contributed by atoms with E-state index in [4.69, 9.17) is 4.74 Å². The average Bonchev–Trinajstić information content (AvgIpc) is 3.13. The van der Waals surface area contributed by atoms with Gasteiger partial charge in [0.25, 0.3) is 0 Å². The number of carbonyl (C=O) groups is 2. The van der Waals surface area contributed by atoms with Crippen molar-refractivity contribution in [3.8, 4) is 0 Å². The van der Waals surface area contributed by atoms with Crippen molar-refractivity contribution >= 4 is 45.1 Å². The van der Waals surface area contributed by atoms with Crippen molar-refractivity contribution in [1.82, 2.24) is 10.3 Å². The quantitative estimate of drug-likeness (QED) is 0.648. The molecule has 1 N–H and O–H groups in total. The minimum atomic E-state index is -0.544. The molecule has 3 heterocycles. The van der Waals surface area contributed by atoms with Crippen LogP contribution in [-0.2, 0) is 9.53 Å². The summed E-state index contributed by atoms with van der Waals surface area (Å²) < 4.78 is 21.0. The summed E-state index contributed by atoms with van der Waals surface area (Å²) in [4.78, 5) is 33.3. The fourth-order valence-electron chi connectivity index (χ4n) is 3.77. The Balaban J connectivity index is 1.39. The number of amides is 2. The Labute approximate surface area is 188 Å². The second-order valence-electron chi connectivity index (χ2n) is 7.48. The van der Waals surface area contributed by atoms with E-state index in [0.717, 1.165) is 23.5 Å². The van der Waals surface area contributed by atoms with Crippen LogP contribution in [0.15, 0.2) is 41.0 Å². The highest BCUT2D eigenvalue weighted by molar-refractivity contribution is 9.10. The van der Waals surface area contributed by atoms with Gasteiger partial charge in [0.1, 0.15) is 22.3 Å². The van der Waals surface area contributed by atoms with Crippen molar-refractivity contribution in [2.24, 2.45) is 0 Å². The number of anilines is 3. The minimum Gasteiger partial charge on any atom is -0.442 e. The van der Waals surface area contributed by atoms with Crippen molar-refractivity contribution < 1.29 is 18.7 Å². The predicted octanol–water partition coefficient (Wildman–Crippen LogP) is 2.77. The van der Waals surface area contributed by atoms with Gasteiger partial charge in [0, 0.05) is 33.1 Å². The largest absolute Gasteiger partial charge is 0.442 e. The van der Waals surface area contributed by atoms with Gasteiger partial charge in [-0.1, -0.05) is 6.07 Å². The normalized spacial score (nSPS) is 18.9. The van der Waals surface area contributed by atoms with E-state index in [1.54, 1.807) is 12.1 Å². The number of benzene rings is 1. The number of nitrogens with zero attached hydrogens (tertiary/aromatic N) is 4. The van der Waals surface area contributed by atoms with E-state index >= 15 is 0 Å². The van der Waals surface area contributed by atoms with Gasteiger partial charge in [-0.05, 0) is 46.3 Å². The smallest absolute Gasteiger partial charge is 0.414 e. The van der Waals surface area contributed by atoms with Gasteiger partial charge in [0.15, 0.2) is 0 Å². The van der Waals surface area contributed by atoms with Crippen LogP contribution in [0.4, 0.5) is 26.4 Å². The highest BCUT2D eigenvalue weighted by Gasteiger charge is 2.33. The number of cyclic esters (lactones) is 1. The van der Waals surface area contributed by atoms with Gasteiger partial charge in [0.2, 0.25) is 5.91 Å². The second kappa shape index (κ2) is 9.09. The predicted molar refractivity (Wildman–Crippen MR) is 119 cm³/mol. The van der Waals surface area contributed by atoms with Crippen molar-refractivity contribution in [2.75, 3.05) is 54.0 Å². The van der Waals surface area contributed by atoms with Crippen LogP contribution in [-0.4, -0.2) is 62.4 Å². The molecular weight excluding hydrogens is 469 g/mol. The molecule has 1 aromatic carbocycles. The van der Waals surface area contributed by atoms with Crippen LogP contribution in [0.2, 0.25) is 0 Å². The number of ether oxygens (including phenoxy) is 1. The van der Waals surface area contributed by atoms with E-state index < -0.39 is 12.2 Å². The molecule has 0 radical (unpaired) electrons. The maximum Gasteiger partial charge on any atom is 0.414 e. The molecule has 1 aromatic heterocycles. The van der Waals surface area contributed by atoms with Gasteiger partial charge >= 0.3 is 6.09 Å². The number of nitrogens with one attached hydrogen (secondary N) is 1. The van der Waals surface area contributed by atoms with Crippen LogP contribution in [0, 0.1) is 5.82 Å². The minimum absolute atomic E-state index is 0.194. The molecule has 0 spiro atoms. The van der Waals surface area contributed by atoms with E-state index in [9.17, 15) is 14.0 Å². The van der Waals surface area contributed by atoms with Crippen molar-refractivity contribution in [2.45, 2.75) is 13.0 Å². The summed E-state index contributed by atoms with van der Waals surface area (Å²) in [5.74, 6) is 0.316. The lowest BCUT2D eigenvalue weighted by Gasteiger charge is -2.37. The third kappa shape index (κ3) is 4.90. The topological polar surface area (TPSA) is 78.0 Å². The molecule has 2 aromatic rings. The summed E-state index contributed by atoms with van der Waals surface area (Å²) >= 11 is 3.39. The lowest BCUT2D eigenvalue weighted by molar-refractivity contribution is -0.119. The summed E-state index contributed by atoms with van der Waals surface area (Å²) in [5, 5.41) is 2.63. The fourth-order valence-corrected chi connectivity index (χ4v) is 4.10. The Hall–Kier alpha value is -2.88. The monoisotopic (exact) mass is 491 g/mol. The second-order valence-corrected chi connectivity index (χ2v) is 8.29. The first-order valence-electron chi connectivity index (χ1n) is 10.1. The first-order chi connectivity index (χ1) is 14.9. The van der Waals surface area contributed by atoms with Gasteiger partial charge in [-0.25, -0.2) is 14.2 Å². The number of pyridine rings is 1. The Morgan fingerprint density at radius 3 is 2.65 bits per heavy atom. The summed E-state index contributed by atoms with van der Waals surface area (Å²) in [6.45, 7) is 4.68. The molecule has 2 aliphatic rings. The van der Waals surface area contributed by atoms with Gasteiger partial charge in [-0.3, -0.25) is 9.69 Å². The molecule has 0 aliphatic carbocycles. The number of aromatic nitrogens is 1. The summed E-state index contributed by atoms with van der Waals surface area (Å²) in [7, 11) is 0. The highest BCUT2D eigenvalue weighted by Crippen LogP contribution is 2.29. The van der Waals surface area contributed by atoms with Crippen LogP contribution < -0.4 is 20.0 Å². The maximum absolute atomic E-state index is 14.9. The molecule has 1 atom stereocenters. The van der Waals surface area contributed by atoms with E-state index in [-0.39, 0.29) is 24.8 Å². The zero-order valence-corrected chi connectivity index (χ0v) is 18.6. The molecule has 0 bridgehead atoms. The Kier molecular flexibility index (Phi) is 6.26. The first kappa shape index (κ1) is 21.4. The molecule has 0 unspecified atom stereocenters. The van der Waals surface area contributed by atoms with E-state index in [0.29, 0.717) is 24.5 Å². The molecule has 31 heavy (non-hydrogen) atoms. The molecule has 0 saturated carbocycles. The van der Waals surface area contributed by atoms with Gasteiger partial charge < -0.3 is 19.9 Å². The summed E-state index contributed by atoms with van der Waals surface area (Å²) in [5.41, 5.74) is 0.946. The number of carbonyl (C=O) groups excluding carboxylic acids is 2. The molecule has 2 aliphatic heterocycles. The Morgan fingerprint density at radius 1 is 1.23 bits per heavy atom. The molecule has 2 saturated heterocycles. The first-order valence-corrected chi connectivity index (χ1v) is 10.8. The molecule has 164 valence electrons. The number of hydrogen-bond donors (Lipinski definition) is 1. The Bertz CT molecular complexity index is 983. The molecule has 2 fully saturated rings. The van der Waals surface area contributed by atoms with E-state index in [1.165, 1.54) is 17.9 Å². The van der Waals surface area contributed by atoms with Crippen LogP contribution in [0.1, 0.15) is 6.92 Å². The Morgan fingerprint density at radius 2 is 1.97 bits per heavy atom. The van der Waals surface area contributed by atoms with Crippen LogP contribution in [0.3, 0.4) is 0 Å². The highest BCUT2D eigenvalue weighted by atomic mass is 79.9. The van der Waals surface area contributed by atoms with Crippen LogP contribution in [0.5, 0.6) is 0 Å². The lowest BCUT2D eigenvalue weighted by atomic mass is 10.2. The number of piperazine rings is 1. The lowest BCUT2D eigenvalue weighted by Crippen LogP contribution is -2.47. The number of rotatable bonds is 5. The molecule has 2 amide bonds. The molecular formula is C21H23BrFN5O3. The molecule has 4 rings (SSSR count). The third-order valence-corrected chi connectivity index (χ3v) is 5.78. The van der Waals surface area contributed by atoms with Crippen molar-refractivity contribution in [1.29, 1.82) is 0 Å². The SMILES string of the molecule is CC(=O)NC[C@H]1CN(c2ccc(N3CCN(c4cccc(Br)n4)CC3)c(F)c2)C(=O)O1. The van der Waals surface area contributed by atoms with Crippen molar-refractivity contribution in [3.05, 3.63) is 46.8 Å². The van der Waals surface area contributed by atoms with E-state index in [1.807, 2.05) is 23.1 Å². The number of halogens is 2. The van der Waals surface area contributed by atoms with Crippen LogP contribution >= 0.6 is 15.9 Å². The zero-order valence-electron chi connectivity index (χ0n) is 17.1. The summed E-state index contributed by atoms with van der Waals surface area (Å²) in [6.07, 6.45) is -1.00. The van der Waals surface area contributed by atoms with Gasteiger partial charge in [-0.2, -0.15) is 0 Å². The fraction of sp³-hybridized carbons (Fsp3) is 0.381. The maximum atomic E-state index is 14.9. The van der Waals surface area contributed by atoms with Crippen molar-refractivity contribution in [3.63, 3.8) is 0 Å². The number of hydrogen-bond acceptors (Lipinski definition) is 6. The average molecular weight is 492 g/mol. The zero-order chi connectivity index (χ0) is 22.0. The summed E-state index contributed by atoms with van der Waals surface area (Å²) in [6, 6.07) is 10.6. The molecule has 8 nitrogen and oxygen atoms in total. The molecule has 10 heteroatoms. The third-order valence-electron chi connectivity index (χ3n) is 5.34. The van der Waals surface area contributed by atoms with Gasteiger partial charge in [0.05, 0.1) is 24.5 Å².